The van der Waals surface area contributed by atoms with E-state index >= 15 is 0 Å². The highest BCUT2D eigenvalue weighted by atomic mass is 16.5. The predicted molar refractivity (Wildman–Crippen MR) is 83.8 cm³/mol. The van der Waals surface area contributed by atoms with Crippen LogP contribution < -0.4 is 5.73 Å². The highest BCUT2D eigenvalue weighted by Gasteiger charge is 2.34. The summed E-state index contributed by atoms with van der Waals surface area (Å²) in [6.45, 7) is 7.15. The Morgan fingerprint density at radius 3 is 2.80 bits per heavy atom. The van der Waals surface area contributed by atoms with Crippen LogP contribution in [0.3, 0.4) is 0 Å². The van der Waals surface area contributed by atoms with Gasteiger partial charge in [-0.1, -0.05) is 31.2 Å². The van der Waals surface area contributed by atoms with Crippen LogP contribution in [0.25, 0.3) is 0 Å². The van der Waals surface area contributed by atoms with E-state index in [1.54, 1.807) is 0 Å². The van der Waals surface area contributed by atoms with Gasteiger partial charge in [-0.2, -0.15) is 0 Å². The molecule has 2 atom stereocenters. The van der Waals surface area contributed by atoms with E-state index in [4.69, 9.17) is 10.5 Å². The van der Waals surface area contributed by atoms with Crippen molar-refractivity contribution in [2.75, 3.05) is 26.7 Å². The Morgan fingerprint density at radius 1 is 1.40 bits per heavy atom. The number of nitrogens with zero attached hydrogens (tertiary/aromatic N) is 1. The molecule has 0 amide bonds. The highest BCUT2D eigenvalue weighted by Crippen LogP contribution is 2.31. The number of aryl methyl sites for hydroxylation is 1. The van der Waals surface area contributed by atoms with Crippen LogP contribution in [0.1, 0.15) is 43.9 Å². The van der Waals surface area contributed by atoms with E-state index in [2.05, 4.69) is 43.0 Å². The van der Waals surface area contributed by atoms with E-state index in [0.717, 1.165) is 25.9 Å². The summed E-state index contributed by atoms with van der Waals surface area (Å²) in [4.78, 5) is 2.50. The number of methoxy groups -OCH3 is 1. The molecule has 20 heavy (non-hydrogen) atoms. The van der Waals surface area contributed by atoms with E-state index in [-0.39, 0.29) is 5.60 Å². The van der Waals surface area contributed by atoms with E-state index in [1.807, 2.05) is 7.11 Å². The summed E-state index contributed by atoms with van der Waals surface area (Å²) in [6, 6.07) is 9.00. The number of rotatable bonds is 5. The van der Waals surface area contributed by atoms with Crippen molar-refractivity contribution in [2.45, 2.75) is 44.8 Å². The fourth-order valence-electron chi connectivity index (χ4n) is 3.33. The summed E-state index contributed by atoms with van der Waals surface area (Å²) in [7, 11) is 1.82. The minimum atomic E-state index is -0.0349. The van der Waals surface area contributed by atoms with Gasteiger partial charge in [-0.25, -0.2) is 0 Å². The van der Waals surface area contributed by atoms with Crippen LogP contribution in [0.15, 0.2) is 24.3 Å². The first-order valence-corrected chi connectivity index (χ1v) is 7.70. The molecule has 0 aliphatic carbocycles. The Labute approximate surface area is 123 Å². The van der Waals surface area contributed by atoms with E-state index in [9.17, 15) is 0 Å². The number of benzene rings is 1. The second kappa shape index (κ2) is 6.70. The summed E-state index contributed by atoms with van der Waals surface area (Å²) >= 11 is 0. The quantitative estimate of drug-likeness (QED) is 0.898. The number of ether oxygens (including phenoxy) is 1. The molecule has 3 heteroatoms. The van der Waals surface area contributed by atoms with Crippen molar-refractivity contribution >= 4 is 0 Å². The lowest BCUT2D eigenvalue weighted by molar-refractivity contribution is -0.0609. The van der Waals surface area contributed by atoms with Crippen LogP contribution in [0.4, 0.5) is 0 Å². The highest BCUT2D eigenvalue weighted by molar-refractivity contribution is 5.30. The topological polar surface area (TPSA) is 38.5 Å². The minimum Gasteiger partial charge on any atom is -0.377 e. The van der Waals surface area contributed by atoms with E-state index in [0.29, 0.717) is 12.6 Å². The van der Waals surface area contributed by atoms with Gasteiger partial charge < -0.3 is 10.5 Å². The van der Waals surface area contributed by atoms with Crippen molar-refractivity contribution < 1.29 is 4.74 Å². The molecule has 1 aliphatic rings. The Bertz CT molecular complexity index is 435. The summed E-state index contributed by atoms with van der Waals surface area (Å²) in [5, 5.41) is 0. The van der Waals surface area contributed by atoms with Gasteiger partial charge in [0.1, 0.15) is 0 Å². The fourth-order valence-corrected chi connectivity index (χ4v) is 3.33. The van der Waals surface area contributed by atoms with Crippen LogP contribution in [0.2, 0.25) is 0 Å². The van der Waals surface area contributed by atoms with Crippen molar-refractivity contribution in [3.63, 3.8) is 0 Å². The molecule has 1 aliphatic heterocycles. The number of nitrogens with two attached hydrogens (primary N) is 1. The number of piperidine rings is 1. The van der Waals surface area contributed by atoms with Crippen molar-refractivity contribution in [3.8, 4) is 0 Å². The molecule has 3 nitrogen and oxygen atoms in total. The van der Waals surface area contributed by atoms with E-state index in [1.165, 1.54) is 17.5 Å². The van der Waals surface area contributed by atoms with Gasteiger partial charge in [0.2, 0.25) is 0 Å². The Hall–Kier alpha value is -0.900. The molecular weight excluding hydrogens is 248 g/mol. The monoisotopic (exact) mass is 276 g/mol. The third kappa shape index (κ3) is 3.22. The first kappa shape index (κ1) is 15.5. The molecule has 1 aromatic rings. The van der Waals surface area contributed by atoms with E-state index < -0.39 is 0 Å². The largest absolute Gasteiger partial charge is 0.377 e. The summed E-state index contributed by atoms with van der Waals surface area (Å²) in [5.41, 5.74) is 8.87. The van der Waals surface area contributed by atoms with Crippen LogP contribution >= 0.6 is 0 Å². The molecule has 112 valence electrons. The third-order valence-corrected chi connectivity index (χ3v) is 4.64. The van der Waals surface area contributed by atoms with Crippen LogP contribution in [-0.4, -0.2) is 37.2 Å². The number of likely N-dealkylation sites (tertiary alicyclic amines) is 1. The molecule has 2 N–H and O–H groups in total. The molecule has 0 aromatic heterocycles. The zero-order valence-electron chi connectivity index (χ0n) is 13.1. The van der Waals surface area contributed by atoms with Crippen molar-refractivity contribution in [1.82, 2.24) is 4.90 Å². The molecule has 0 spiro atoms. The molecule has 2 rings (SSSR count). The Balaban J connectivity index is 2.23. The second-order valence-electron chi connectivity index (χ2n) is 6.03. The summed E-state index contributed by atoms with van der Waals surface area (Å²) in [5.74, 6) is 0. The SMILES string of the molecule is CCc1ccccc1C(CN)N1CCCC(C)(OC)C1. The van der Waals surface area contributed by atoms with Crippen LogP contribution in [-0.2, 0) is 11.2 Å². The lowest BCUT2D eigenvalue weighted by Crippen LogP contribution is -2.50. The van der Waals surface area contributed by atoms with Gasteiger partial charge in [-0.15, -0.1) is 0 Å². The maximum atomic E-state index is 6.11. The molecule has 1 saturated heterocycles. The lowest BCUT2D eigenvalue weighted by atomic mass is 9.90. The lowest BCUT2D eigenvalue weighted by Gasteiger charge is -2.43. The molecule has 1 heterocycles. The smallest absolute Gasteiger partial charge is 0.0777 e. The number of hydrogen-bond acceptors (Lipinski definition) is 3. The van der Waals surface area contributed by atoms with Gasteiger partial charge >= 0.3 is 0 Å². The van der Waals surface area contributed by atoms with Gasteiger partial charge in [0, 0.05) is 26.2 Å². The molecular formula is C17H28N2O. The molecule has 0 saturated carbocycles. The molecule has 1 aromatic carbocycles. The van der Waals surface area contributed by atoms with Gasteiger partial charge in [-0.3, -0.25) is 4.90 Å². The number of hydrogen-bond donors (Lipinski definition) is 1. The average molecular weight is 276 g/mol. The Morgan fingerprint density at radius 2 is 2.15 bits per heavy atom. The molecule has 0 radical (unpaired) electrons. The maximum Gasteiger partial charge on any atom is 0.0777 e. The molecule has 2 unspecified atom stereocenters. The van der Waals surface area contributed by atoms with Crippen molar-refractivity contribution in [1.29, 1.82) is 0 Å². The zero-order valence-corrected chi connectivity index (χ0v) is 13.1. The van der Waals surface area contributed by atoms with Crippen LogP contribution in [0.5, 0.6) is 0 Å². The normalized spacial score (nSPS) is 25.6. The molecule has 1 fully saturated rings. The van der Waals surface area contributed by atoms with Crippen LogP contribution in [0, 0.1) is 0 Å². The van der Waals surface area contributed by atoms with Gasteiger partial charge in [-0.05, 0) is 43.9 Å². The van der Waals surface area contributed by atoms with Gasteiger partial charge in [0.05, 0.1) is 5.60 Å². The second-order valence-corrected chi connectivity index (χ2v) is 6.03. The van der Waals surface area contributed by atoms with Gasteiger partial charge in [0.15, 0.2) is 0 Å². The third-order valence-electron chi connectivity index (χ3n) is 4.64. The first-order valence-electron chi connectivity index (χ1n) is 7.70. The average Bonchev–Trinajstić information content (AvgIpc) is 2.49. The van der Waals surface area contributed by atoms with Crippen molar-refractivity contribution in [2.24, 2.45) is 5.73 Å². The summed E-state index contributed by atoms with van der Waals surface area (Å²) in [6.07, 6.45) is 3.36. The predicted octanol–water partition coefficient (Wildman–Crippen LogP) is 2.75. The minimum absolute atomic E-state index is 0.0349. The zero-order chi connectivity index (χ0) is 14.6. The molecule has 0 bridgehead atoms. The fraction of sp³-hybridized carbons (Fsp3) is 0.647. The first-order chi connectivity index (χ1) is 9.63. The van der Waals surface area contributed by atoms with Gasteiger partial charge in [0.25, 0.3) is 0 Å². The standard InChI is InChI=1S/C17H28N2O/c1-4-14-8-5-6-9-15(14)16(12-18)19-11-7-10-17(2,13-19)20-3/h5-6,8-9,16H,4,7,10-13,18H2,1-3H3. The summed E-state index contributed by atoms with van der Waals surface area (Å²) < 4.78 is 5.71. The Kier molecular flexibility index (Phi) is 5.19. The van der Waals surface area contributed by atoms with Crippen molar-refractivity contribution in [3.05, 3.63) is 35.4 Å². The maximum absolute atomic E-state index is 6.11.